The molecule has 0 spiro atoms. The van der Waals surface area contributed by atoms with Crippen molar-refractivity contribution >= 4 is 52.2 Å². The highest BCUT2D eigenvalue weighted by Gasteiger charge is 2.43. The summed E-state index contributed by atoms with van der Waals surface area (Å²) in [4.78, 5) is 73.3. The molecule has 0 aliphatic heterocycles. The topological polar surface area (TPSA) is 193 Å². The van der Waals surface area contributed by atoms with E-state index >= 15 is 0 Å². The number of ether oxygens (including phenoxy) is 1. The van der Waals surface area contributed by atoms with E-state index in [0.29, 0.717) is 0 Å². The highest BCUT2D eigenvalue weighted by atomic mass is 32.1. The van der Waals surface area contributed by atoms with Crippen LogP contribution in [0.15, 0.2) is 35.7 Å². The number of anilines is 1. The van der Waals surface area contributed by atoms with Crippen molar-refractivity contribution in [2.75, 3.05) is 11.9 Å². The molecule has 0 unspecified atom stereocenters. The number of halogens is 3. The van der Waals surface area contributed by atoms with Gasteiger partial charge < -0.3 is 25.8 Å². The first-order chi connectivity index (χ1) is 17.3. The quantitative estimate of drug-likeness (QED) is 0.212. The zero-order chi connectivity index (χ0) is 27.6. The molecule has 4 amide bonds. The van der Waals surface area contributed by atoms with E-state index < -0.39 is 60.9 Å². The van der Waals surface area contributed by atoms with E-state index in [1.165, 1.54) is 5.38 Å². The summed E-state index contributed by atoms with van der Waals surface area (Å²) >= 11 is 0.896. The molecule has 37 heavy (non-hydrogen) atoms. The van der Waals surface area contributed by atoms with Gasteiger partial charge in [0.1, 0.15) is 11.7 Å². The lowest BCUT2D eigenvalue weighted by molar-refractivity contribution is -0.202. The number of benzene rings is 1. The van der Waals surface area contributed by atoms with Crippen LogP contribution in [-0.2, 0) is 30.5 Å². The van der Waals surface area contributed by atoms with Crippen molar-refractivity contribution in [1.82, 2.24) is 20.9 Å². The maximum absolute atomic E-state index is 12.2. The smallest absolute Gasteiger partial charge is 0.481 e. The Morgan fingerprint density at radius 1 is 1.05 bits per heavy atom. The van der Waals surface area contributed by atoms with E-state index in [4.69, 9.17) is 5.11 Å². The predicted molar refractivity (Wildman–Crippen MR) is 118 cm³/mol. The van der Waals surface area contributed by atoms with Gasteiger partial charge in [0.15, 0.2) is 5.13 Å². The summed E-state index contributed by atoms with van der Waals surface area (Å²) in [5, 5.41) is 19.0. The van der Waals surface area contributed by atoms with Crippen LogP contribution in [0.1, 0.15) is 22.5 Å². The minimum atomic E-state index is -5.52. The maximum atomic E-state index is 12.2. The molecule has 0 saturated heterocycles. The zero-order valence-electron chi connectivity index (χ0n) is 18.5. The van der Waals surface area contributed by atoms with Crippen LogP contribution >= 0.6 is 11.3 Å². The molecule has 1 heterocycles. The number of amides is 4. The van der Waals surface area contributed by atoms with Gasteiger partial charge in [0, 0.05) is 11.9 Å². The van der Waals surface area contributed by atoms with Gasteiger partial charge in [-0.15, -0.1) is 11.3 Å². The van der Waals surface area contributed by atoms with Gasteiger partial charge in [0.05, 0.1) is 13.0 Å². The highest BCUT2D eigenvalue weighted by Crippen LogP contribution is 2.17. The van der Waals surface area contributed by atoms with Crippen molar-refractivity contribution < 1.29 is 51.8 Å². The van der Waals surface area contributed by atoms with Gasteiger partial charge in [-0.25, -0.2) is 19.4 Å². The molecule has 2 rings (SSSR count). The lowest BCUT2D eigenvalue weighted by Crippen LogP contribution is -2.48. The summed E-state index contributed by atoms with van der Waals surface area (Å²) in [6, 6.07) is 6.29. The van der Waals surface area contributed by atoms with Gasteiger partial charge in [-0.3, -0.25) is 19.7 Å². The van der Waals surface area contributed by atoms with Crippen LogP contribution in [0.5, 0.6) is 0 Å². The van der Waals surface area contributed by atoms with Crippen LogP contribution in [0, 0.1) is 0 Å². The predicted octanol–water partition coefficient (Wildman–Crippen LogP) is 0.786. The second kappa shape index (κ2) is 13.0. The second-order valence-corrected chi connectivity index (χ2v) is 7.80. The van der Waals surface area contributed by atoms with E-state index in [9.17, 15) is 41.9 Å². The number of esters is 2. The monoisotopic (exact) mass is 545 g/mol. The Labute approximate surface area is 209 Å². The summed E-state index contributed by atoms with van der Waals surface area (Å²) in [5.41, 5.74) is 0.648. The molecular weight excluding hydrogens is 527 g/mol. The minimum Gasteiger partial charge on any atom is -0.481 e. The fraction of sp³-hybridized carbons (Fsp3) is 0.250. The SMILES string of the molecule is O=C(O)C[C@H](NC(=O)CNC(=O)c1csc(NC(=O)NCc2ccccc2)n1)C(=O)OC(=O)C(F)(F)F. The molecule has 0 saturated carbocycles. The van der Waals surface area contributed by atoms with Gasteiger partial charge in [-0.2, -0.15) is 13.2 Å². The number of aliphatic carboxylic acids is 1. The Kier molecular flexibility index (Phi) is 10.1. The van der Waals surface area contributed by atoms with Crippen LogP contribution in [0.4, 0.5) is 23.1 Å². The third kappa shape index (κ3) is 9.92. The lowest BCUT2D eigenvalue weighted by atomic mass is 10.2. The number of hydrogen-bond donors (Lipinski definition) is 5. The number of urea groups is 1. The molecular formula is C20H18F3N5O8S. The van der Waals surface area contributed by atoms with Crippen LogP contribution in [0.2, 0.25) is 0 Å². The molecule has 0 bridgehead atoms. The largest absolute Gasteiger partial charge is 0.491 e. The number of rotatable bonds is 10. The number of carbonyl (C=O) groups is 6. The summed E-state index contributed by atoms with van der Waals surface area (Å²) in [7, 11) is 0. The molecule has 2 aromatic rings. The molecule has 198 valence electrons. The first kappa shape index (κ1) is 28.7. The van der Waals surface area contributed by atoms with Gasteiger partial charge >= 0.3 is 30.1 Å². The Balaban J connectivity index is 1.85. The molecule has 0 radical (unpaired) electrons. The summed E-state index contributed by atoms with van der Waals surface area (Å²) in [6.45, 7) is -0.603. The number of nitrogens with one attached hydrogen (secondary N) is 4. The Morgan fingerprint density at radius 2 is 1.73 bits per heavy atom. The standard InChI is InChI=1S/C20H18F3N5O8S/c21-20(22,23)17(34)36-16(33)11(6-14(30)31)26-13(29)8-24-15(32)12-9-37-19(27-12)28-18(35)25-7-10-4-2-1-3-5-10/h1-5,9,11H,6-8H2,(H,24,32)(H,26,29)(H,30,31)(H2,25,27,28,35)/t11-/m0/s1. The third-order valence-electron chi connectivity index (χ3n) is 4.09. The van der Waals surface area contributed by atoms with Crippen LogP contribution in [0.25, 0.3) is 0 Å². The lowest BCUT2D eigenvalue weighted by Gasteiger charge is -2.15. The molecule has 0 aliphatic carbocycles. The van der Waals surface area contributed by atoms with E-state index in [2.05, 4.69) is 25.7 Å². The normalized spacial score (nSPS) is 11.5. The molecule has 1 aromatic heterocycles. The van der Waals surface area contributed by atoms with Crippen molar-refractivity contribution in [1.29, 1.82) is 0 Å². The van der Waals surface area contributed by atoms with E-state index in [0.717, 1.165) is 16.9 Å². The van der Waals surface area contributed by atoms with Crippen LogP contribution in [0.3, 0.4) is 0 Å². The Bertz CT molecular complexity index is 1170. The van der Waals surface area contributed by atoms with E-state index in [1.54, 1.807) is 29.6 Å². The van der Waals surface area contributed by atoms with Crippen molar-refractivity contribution in [3.63, 3.8) is 0 Å². The number of carbonyl (C=O) groups excluding carboxylic acids is 5. The van der Waals surface area contributed by atoms with E-state index in [-0.39, 0.29) is 17.4 Å². The second-order valence-electron chi connectivity index (χ2n) is 6.94. The third-order valence-corrected chi connectivity index (χ3v) is 4.84. The average molecular weight is 545 g/mol. The highest BCUT2D eigenvalue weighted by molar-refractivity contribution is 7.14. The molecule has 5 N–H and O–H groups in total. The van der Waals surface area contributed by atoms with Crippen molar-refractivity contribution in [3.05, 3.63) is 47.0 Å². The number of alkyl halides is 3. The van der Waals surface area contributed by atoms with Gasteiger partial charge in [-0.1, -0.05) is 30.3 Å². The molecule has 0 fully saturated rings. The molecule has 13 nitrogen and oxygen atoms in total. The van der Waals surface area contributed by atoms with Gasteiger partial charge in [-0.05, 0) is 5.56 Å². The summed E-state index contributed by atoms with van der Waals surface area (Å²) < 4.78 is 40.3. The van der Waals surface area contributed by atoms with Crippen molar-refractivity contribution in [2.45, 2.75) is 25.2 Å². The minimum absolute atomic E-state index is 0.0544. The number of carboxylic acid groups (broad SMARTS) is 1. The number of nitrogens with zero attached hydrogens (tertiary/aromatic N) is 1. The number of hydrogen-bond acceptors (Lipinski definition) is 9. The number of aromatic nitrogens is 1. The maximum Gasteiger partial charge on any atom is 0.491 e. The average Bonchev–Trinajstić information content (AvgIpc) is 3.29. The first-order valence-corrected chi connectivity index (χ1v) is 10.9. The van der Waals surface area contributed by atoms with Crippen LogP contribution < -0.4 is 21.3 Å². The molecule has 17 heteroatoms. The fourth-order valence-electron chi connectivity index (χ4n) is 2.44. The molecule has 1 aromatic carbocycles. The van der Waals surface area contributed by atoms with Crippen molar-refractivity contribution in [3.8, 4) is 0 Å². The summed E-state index contributed by atoms with van der Waals surface area (Å²) in [6.07, 6.45) is -6.72. The number of thiazole rings is 1. The Morgan fingerprint density at radius 3 is 2.35 bits per heavy atom. The van der Waals surface area contributed by atoms with Crippen molar-refractivity contribution in [2.24, 2.45) is 0 Å². The molecule has 0 aliphatic rings. The van der Waals surface area contributed by atoms with Gasteiger partial charge in [0.25, 0.3) is 5.91 Å². The van der Waals surface area contributed by atoms with E-state index in [1.807, 2.05) is 6.07 Å². The fourth-order valence-corrected chi connectivity index (χ4v) is 3.13. The van der Waals surface area contributed by atoms with Crippen LogP contribution in [-0.4, -0.2) is 64.6 Å². The molecule has 1 atom stereocenters. The van der Waals surface area contributed by atoms with Gasteiger partial charge in [0.2, 0.25) is 5.91 Å². The number of carboxylic acids is 1. The summed E-state index contributed by atoms with van der Waals surface area (Å²) in [5.74, 6) is -8.61. The zero-order valence-corrected chi connectivity index (χ0v) is 19.3. The Hall–Kier alpha value is -4.54. The first-order valence-electron chi connectivity index (χ1n) is 10.0.